The third-order valence-electron chi connectivity index (χ3n) is 6.04. The second-order valence-corrected chi connectivity index (χ2v) is 11.0. The monoisotopic (exact) mass is 720 g/mol. The third kappa shape index (κ3) is 6.87. The lowest BCUT2D eigenvalue weighted by molar-refractivity contribution is -0.118. The van der Waals surface area contributed by atoms with Gasteiger partial charge in [-0.1, -0.05) is 41.9 Å². The van der Waals surface area contributed by atoms with Crippen molar-refractivity contribution in [2.75, 3.05) is 18.5 Å². The van der Waals surface area contributed by atoms with Gasteiger partial charge in [0.05, 0.1) is 33.0 Å². The summed E-state index contributed by atoms with van der Waals surface area (Å²) >= 11 is 5.51. The van der Waals surface area contributed by atoms with Gasteiger partial charge in [-0.25, -0.2) is 9.37 Å². The van der Waals surface area contributed by atoms with E-state index in [4.69, 9.17) is 14.5 Å². The first-order valence-electron chi connectivity index (χ1n) is 12.6. The van der Waals surface area contributed by atoms with E-state index in [0.29, 0.717) is 44.0 Å². The Hall–Kier alpha value is -3.32. The maximum Gasteiger partial charge on any atom is 0.282 e. The number of halogens is 3. The number of benzene rings is 3. The third-order valence-corrected chi connectivity index (χ3v) is 7.33. The Kier molecular flexibility index (Phi) is 9.90. The predicted octanol–water partition coefficient (Wildman–Crippen LogP) is 6.71. The van der Waals surface area contributed by atoms with Crippen LogP contribution in [0, 0.1) is 9.39 Å². The summed E-state index contributed by atoms with van der Waals surface area (Å²) in [6, 6.07) is 14.8. The molecule has 0 spiro atoms. The number of hydrogen-bond donors (Lipinski definition) is 1. The highest BCUT2D eigenvalue weighted by Crippen LogP contribution is 2.34. The van der Waals surface area contributed by atoms with Crippen LogP contribution < -0.4 is 20.3 Å². The van der Waals surface area contributed by atoms with Gasteiger partial charge in [-0.05, 0) is 84.0 Å². The summed E-state index contributed by atoms with van der Waals surface area (Å²) in [5.41, 5.74) is 1.08. The molecule has 1 heterocycles. The molecule has 0 aliphatic heterocycles. The lowest BCUT2D eigenvalue weighted by atomic mass is 10.1. The number of carbonyl (C=O) groups is 1. The number of nitrogens with zero attached hydrogens (tertiary/aromatic N) is 3. The zero-order chi connectivity index (χ0) is 28.8. The van der Waals surface area contributed by atoms with E-state index < -0.39 is 11.7 Å². The molecule has 0 fully saturated rings. The van der Waals surface area contributed by atoms with Gasteiger partial charge in [0.2, 0.25) is 0 Å². The van der Waals surface area contributed by atoms with Crippen molar-refractivity contribution in [2.24, 2.45) is 5.10 Å². The van der Waals surface area contributed by atoms with E-state index in [-0.39, 0.29) is 23.8 Å². The summed E-state index contributed by atoms with van der Waals surface area (Å²) in [5.74, 6) is 0.306. The summed E-state index contributed by atoms with van der Waals surface area (Å²) < 4.78 is 28.2. The molecule has 8 nitrogen and oxygen atoms in total. The fraction of sp³-hybridized carbons (Fsp3) is 0.241. The fourth-order valence-electron chi connectivity index (χ4n) is 3.86. The van der Waals surface area contributed by atoms with Crippen LogP contribution in [0.5, 0.6) is 11.5 Å². The number of nitrogens with one attached hydrogen (secondary N) is 1. The molecule has 208 valence electrons. The molecule has 11 heteroatoms. The average Bonchev–Trinajstić information content (AvgIpc) is 2.93. The molecule has 0 bridgehead atoms. The molecule has 0 saturated heterocycles. The number of rotatable bonds is 10. The Morgan fingerprint density at radius 3 is 2.70 bits per heavy atom. The van der Waals surface area contributed by atoms with Gasteiger partial charge in [0, 0.05) is 10.4 Å². The van der Waals surface area contributed by atoms with Crippen LogP contribution in [0.1, 0.15) is 44.5 Å². The van der Waals surface area contributed by atoms with Gasteiger partial charge in [-0.2, -0.15) is 9.78 Å². The molecular formula is C29H27BrFIN4O4. The van der Waals surface area contributed by atoms with Crippen molar-refractivity contribution in [3.05, 3.63) is 90.2 Å². The van der Waals surface area contributed by atoms with E-state index in [1.165, 1.54) is 16.8 Å². The van der Waals surface area contributed by atoms with Crippen LogP contribution in [-0.2, 0) is 4.79 Å². The van der Waals surface area contributed by atoms with Gasteiger partial charge in [0.15, 0.2) is 18.1 Å². The molecule has 1 N–H and O–H groups in total. The van der Waals surface area contributed by atoms with Crippen molar-refractivity contribution in [3.63, 3.8) is 0 Å². The van der Waals surface area contributed by atoms with E-state index in [1.807, 2.05) is 32.9 Å². The molecule has 4 rings (SSSR count). The number of carbonyl (C=O) groups excluding carboxylic acids is 1. The molecule has 0 radical (unpaired) electrons. The van der Waals surface area contributed by atoms with E-state index in [1.54, 1.807) is 36.5 Å². The van der Waals surface area contributed by atoms with Gasteiger partial charge in [-0.15, -0.1) is 0 Å². The molecule has 4 aromatic rings. The summed E-state index contributed by atoms with van der Waals surface area (Å²) in [6.45, 7) is 5.88. The molecule has 0 aliphatic carbocycles. The van der Waals surface area contributed by atoms with E-state index in [9.17, 15) is 14.0 Å². The van der Waals surface area contributed by atoms with Crippen molar-refractivity contribution in [1.82, 2.24) is 9.66 Å². The largest absolute Gasteiger partial charge is 0.490 e. The summed E-state index contributed by atoms with van der Waals surface area (Å²) in [5, 5.41) is 7.48. The van der Waals surface area contributed by atoms with Crippen LogP contribution in [0.25, 0.3) is 10.9 Å². The van der Waals surface area contributed by atoms with E-state index in [2.05, 4.69) is 48.9 Å². The van der Waals surface area contributed by atoms with E-state index >= 15 is 0 Å². The molecule has 0 aliphatic rings. The first kappa shape index (κ1) is 29.7. The minimum absolute atomic E-state index is 0.00306. The number of para-hydroxylation sites is 1. The summed E-state index contributed by atoms with van der Waals surface area (Å²) in [4.78, 5) is 30.5. The van der Waals surface area contributed by atoms with Gasteiger partial charge < -0.3 is 14.8 Å². The average molecular weight is 721 g/mol. The van der Waals surface area contributed by atoms with Crippen molar-refractivity contribution in [2.45, 2.75) is 33.1 Å². The Bertz CT molecular complexity index is 1640. The SMILES string of the molecule is CCOc1cc(C=Nn2c([C@@H](C)CC)nc3ccc(Br)cc3c2=O)cc(I)c1OCC(=O)Nc1ccccc1F. The summed E-state index contributed by atoms with van der Waals surface area (Å²) in [7, 11) is 0. The molecule has 0 unspecified atom stereocenters. The quantitative estimate of drug-likeness (QED) is 0.145. The van der Waals surface area contributed by atoms with Gasteiger partial charge in [0.1, 0.15) is 11.6 Å². The highest BCUT2D eigenvalue weighted by molar-refractivity contribution is 14.1. The summed E-state index contributed by atoms with van der Waals surface area (Å²) in [6.07, 6.45) is 2.35. The standard InChI is InChI=1S/C29H27BrFIN4O4/c1-4-17(3)28-35-23-11-10-19(30)14-20(23)29(38)36(28)33-15-18-12-22(32)27(25(13-18)39-5-2)40-16-26(37)34-24-9-7-6-8-21(24)31/h6-15,17H,4-5,16H2,1-3H3,(H,34,37)/t17-/m0/s1. The smallest absolute Gasteiger partial charge is 0.282 e. The van der Waals surface area contributed by atoms with Crippen LogP contribution in [0.4, 0.5) is 10.1 Å². The Morgan fingerprint density at radius 2 is 1.98 bits per heavy atom. The number of amides is 1. The molecule has 0 saturated carbocycles. The molecule has 40 heavy (non-hydrogen) atoms. The topological polar surface area (TPSA) is 94.8 Å². The lowest BCUT2D eigenvalue weighted by Crippen LogP contribution is -2.23. The predicted molar refractivity (Wildman–Crippen MR) is 166 cm³/mol. The van der Waals surface area contributed by atoms with Crippen LogP contribution in [0.3, 0.4) is 0 Å². The number of hydrogen-bond acceptors (Lipinski definition) is 6. The van der Waals surface area contributed by atoms with Gasteiger partial charge in [0.25, 0.3) is 11.5 Å². The normalized spacial score (nSPS) is 12.1. The van der Waals surface area contributed by atoms with Crippen molar-refractivity contribution >= 4 is 67.2 Å². The molecule has 1 atom stereocenters. The maximum atomic E-state index is 13.9. The van der Waals surface area contributed by atoms with Gasteiger partial charge >= 0.3 is 0 Å². The van der Waals surface area contributed by atoms with Crippen LogP contribution in [-0.4, -0.2) is 35.0 Å². The Balaban J connectivity index is 1.63. The number of fused-ring (bicyclic) bond motifs is 1. The maximum absolute atomic E-state index is 13.9. The van der Waals surface area contributed by atoms with Gasteiger partial charge in [-0.3, -0.25) is 9.59 Å². The van der Waals surface area contributed by atoms with Crippen molar-refractivity contribution in [3.8, 4) is 11.5 Å². The minimum atomic E-state index is -0.533. The molecule has 3 aromatic carbocycles. The Labute approximate surface area is 252 Å². The second-order valence-electron chi connectivity index (χ2n) is 8.88. The fourth-order valence-corrected chi connectivity index (χ4v) is 5.00. The van der Waals surface area contributed by atoms with Crippen LogP contribution >= 0.6 is 38.5 Å². The van der Waals surface area contributed by atoms with Crippen molar-refractivity contribution < 1.29 is 18.7 Å². The Morgan fingerprint density at radius 1 is 1.20 bits per heavy atom. The van der Waals surface area contributed by atoms with E-state index in [0.717, 1.165) is 10.9 Å². The zero-order valence-corrected chi connectivity index (χ0v) is 25.8. The lowest BCUT2D eigenvalue weighted by Gasteiger charge is -2.15. The molecule has 1 amide bonds. The second kappa shape index (κ2) is 13.4. The number of aromatic nitrogens is 2. The first-order valence-corrected chi connectivity index (χ1v) is 14.5. The minimum Gasteiger partial charge on any atom is -0.490 e. The number of anilines is 1. The first-order chi connectivity index (χ1) is 19.2. The highest BCUT2D eigenvalue weighted by atomic mass is 127. The van der Waals surface area contributed by atoms with Crippen molar-refractivity contribution in [1.29, 1.82) is 0 Å². The van der Waals surface area contributed by atoms with Crippen LogP contribution in [0.15, 0.2) is 69.0 Å². The highest BCUT2D eigenvalue weighted by Gasteiger charge is 2.17. The number of ether oxygens (including phenoxy) is 2. The zero-order valence-electron chi connectivity index (χ0n) is 22.1. The van der Waals surface area contributed by atoms with Crippen LogP contribution in [0.2, 0.25) is 0 Å². The molecular weight excluding hydrogens is 694 g/mol. The molecule has 1 aromatic heterocycles.